The predicted molar refractivity (Wildman–Crippen MR) is 286 cm³/mol. The number of hydrogen-bond donors (Lipinski definition) is 0. The normalized spacial score (nSPS) is 11.5. The molecule has 0 fully saturated rings. The monoisotopic (exact) mass is 1030 g/mol. The molecule has 0 bridgehead atoms. The highest BCUT2D eigenvalue weighted by Gasteiger charge is 2.23. The van der Waals surface area contributed by atoms with Gasteiger partial charge in [0.1, 0.15) is 11.5 Å². The van der Waals surface area contributed by atoms with Crippen LogP contribution in [0.15, 0.2) is 80.4 Å². The molecule has 8 heteroatoms. The topological polar surface area (TPSA) is 44.2 Å². The van der Waals surface area contributed by atoms with Crippen LogP contribution < -0.4 is 9.47 Å². The Morgan fingerprint density at radius 1 is 0.422 bits per heavy atom. The molecule has 0 amide bonds. The first-order valence-electron chi connectivity index (χ1n) is 24.8. The fourth-order valence-electron chi connectivity index (χ4n) is 8.57. The zero-order chi connectivity index (χ0) is 44.9. The van der Waals surface area contributed by atoms with Crippen molar-refractivity contribution >= 4 is 65.6 Å². The Kier molecular flexibility index (Phi) is 21.7. The molecule has 0 saturated carbocycles. The number of hydrogen-bond acceptors (Lipinski definition) is 6. The summed E-state index contributed by atoms with van der Waals surface area (Å²) in [5.74, 6) is 1.78. The standard InChI is InChI=1S/C56H72Br2N2O2S2/c1-5-9-13-17-19-21-25-43-39-49(57)63-55(43)47-35-36-48(56-44(40-50(58)64-56)26-22-20-18-14-10-6-2)54-53(47)59-51(41-27-31-45(32-28-41)61-37-23-15-11-7-3)52(60-54)42-29-33-46(34-30-42)62-38-24-16-12-8-4/h27-36,39-40H,5-26,37-38H2,1-4H3. The number of fused-ring (bicyclic) bond motifs is 1. The molecule has 0 aliphatic rings. The first-order valence-corrected chi connectivity index (χ1v) is 28.0. The Hall–Kier alpha value is -3.04. The summed E-state index contributed by atoms with van der Waals surface area (Å²) in [6, 6.07) is 26.4. The Labute approximate surface area is 410 Å². The molecule has 0 saturated heterocycles. The summed E-state index contributed by atoms with van der Waals surface area (Å²) in [7, 11) is 0. The van der Waals surface area contributed by atoms with Crippen LogP contribution in [-0.2, 0) is 12.8 Å². The van der Waals surface area contributed by atoms with Crippen molar-refractivity contribution < 1.29 is 9.47 Å². The van der Waals surface area contributed by atoms with Crippen LogP contribution >= 0.6 is 54.5 Å². The molecule has 3 aromatic heterocycles. The fraction of sp³-hybridized carbons (Fsp3) is 0.500. The van der Waals surface area contributed by atoms with Crippen LogP contribution in [0.5, 0.6) is 11.5 Å². The molecular weight excluding hydrogens is 957 g/mol. The third-order valence-corrected chi connectivity index (χ3v) is 15.7. The number of aryl methyl sites for hydroxylation is 2. The molecule has 3 aromatic carbocycles. The average Bonchev–Trinajstić information content (AvgIpc) is 3.88. The summed E-state index contributed by atoms with van der Waals surface area (Å²) >= 11 is 11.5. The minimum Gasteiger partial charge on any atom is -0.494 e. The Balaban J connectivity index is 1.47. The van der Waals surface area contributed by atoms with E-state index in [2.05, 4.69) is 132 Å². The molecule has 3 heterocycles. The molecule has 0 aliphatic heterocycles. The van der Waals surface area contributed by atoms with Crippen molar-refractivity contribution in [2.45, 2.75) is 169 Å². The number of benzene rings is 3. The van der Waals surface area contributed by atoms with Crippen molar-refractivity contribution in [3.8, 4) is 54.9 Å². The van der Waals surface area contributed by atoms with Crippen LogP contribution in [0.4, 0.5) is 0 Å². The number of aromatic nitrogens is 2. The molecule has 0 radical (unpaired) electrons. The second kappa shape index (κ2) is 27.6. The molecule has 6 aromatic rings. The molecule has 64 heavy (non-hydrogen) atoms. The van der Waals surface area contributed by atoms with Crippen LogP contribution in [0.3, 0.4) is 0 Å². The van der Waals surface area contributed by atoms with Gasteiger partial charge in [0.15, 0.2) is 0 Å². The summed E-state index contributed by atoms with van der Waals surface area (Å²) in [5, 5.41) is 0. The van der Waals surface area contributed by atoms with E-state index in [9.17, 15) is 0 Å². The number of halogens is 2. The van der Waals surface area contributed by atoms with Gasteiger partial charge in [-0.2, -0.15) is 0 Å². The molecule has 0 N–H and O–H groups in total. The van der Waals surface area contributed by atoms with Crippen LogP contribution in [0.2, 0.25) is 0 Å². The summed E-state index contributed by atoms with van der Waals surface area (Å²) in [4.78, 5) is 14.1. The van der Waals surface area contributed by atoms with E-state index in [4.69, 9.17) is 19.4 Å². The molecule has 344 valence electrons. The van der Waals surface area contributed by atoms with Crippen molar-refractivity contribution in [2.75, 3.05) is 13.2 Å². The van der Waals surface area contributed by atoms with E-state index in [0.717, 1.165) is 103 Å². The largest absolute Gasteiger partial charge is 0.494 e. The van der Waals surface area contributed by atoms with E-state index in [0.29, 0.717) is 0 Å². The molecular formula is C56H72Br2N2O2S2. The lowest BCUT2D eigenvalue weighted by Crippen LogP contribution is -2.00. The van der Waals surface area contributed by atoms with Crippen molar-refractivity contribution in [1.29, 1.82) is 0 Å². The van der Waals surface area contributed by atoms with E-state index in [-0.39, 0.29) is 0 Å². The maximum Gasteiger partial charge on any atom is 0.119 e. The third kappa shape index (κ3) is 14.7. The average molecular weight is 1030 g/mol. The summed E-state index contributed by atoms with van der Waals surface area (Å²) < 4.78 is 14.8. The zero-order valence-corrected chi connectivity index (χ0v) is 44.0. The van der Waals surface area contributed by atoms with E-state index in [1.54, 1.807) is 0 Å². The number of nitrogens with zero attached hydrogens (tertiary/aromatic N) is 2. The first kappa shape index (κ1) is 50.4. The van der Waals surface area contributed by atoms with Crippen LogP contribution in [0.25, 0.3) is 54.4 Å². The van der Waals surface area contributed by atoms with Crippen LogP contribution in [0, 0.1) is 0 Å². The predicted octanol–water partition coefficient (Wildman–Crippen LogP) is 19.7. The zero-order valence-electron chi connectivity index (χ0n) is 39.2. The van der Waals surface area contributed by atoms with Gasteiger partial charge in [0.25, 0.3) is 0 Å². The highest BCUT2D eigenvalue weighted by atomic mass is 79.9. The summed E-state index contributed by atoms with van der Waals surface area (Å²) in [6.45, 7) is 10.5. The minimum atomic E-state index is 0.733. The molecule has 0 aliphatic carbocycles. The second-order valence-corrected chi connectivity index (χ2v) is 22.4. The number of thiophene rings is 2. The molecule has 0 spiro atoms. The van der Waals surface area contributed by atoms with Crippen molar-refractivity contribution in [2.24, 2.45) is 0 Å². The lowest BCUT2D eigenvalue weighted by Gasteiger charge is -2.17. The first-order chi connectivity index (χ1) is 31.4. The maximum absolute atomic E-state index is 6.22. The van der Waals surface area contributed by atoms with Gasteiger partial charge in [0, 0.05) is 32.0 Å². The van der Waals surface area contributed by atoms with E-state index in [1.165, 1.54) is 136 Å². The summed E-state index contributed by atoms with van der Waals surface area (Å²) in [6.07, 6.45) is 26.9. The smallest absolute Gasteiger partial charge is 0.119 e. The van der Waals surface area contributed by atoms with Crippen LogP contribution in [0.1, 0.15) is 167 Å². The molecule has 0 unspecified atom stereocenters. The van der Waals surface area contributed by atoms with Crippen molar-refractivity contribution in [1.82, 2.24) is 9.97 Å². The fourth-order valence-corrected chi connectivity index (χ4v) is 12.0. The summed E-state index contributed by atoms with van der Waals surface area (Å²) in [5.41, 5.74) is 10.8. The van der Waals surface area contributed by atoms with Gasteiger partial charge >= 0.3 is 0 Å². The Bertz CT molecular complexity index is 2120. The molecule has 4 nitrogen and oxygen atoms in total. The second-order valence-electron chi connectivity index (χ2n) is 17.5. The number of rotatable bonds is 30. The van der Waals surface area contributed by atoms with E-state index in [1.807, 2.05) is 22.7 Å². The maximum atomic E-state index is 6.22. The highest BCUT2D eigenvalue weighted by molar-refractivity contribution is 9.11. The highest BCUT2D eigenvalue weighted by Crippen LogP contribution is 2.46. The SMILES string of the molecule is CCCCCCCCc1cc(Br)sc1-c1ccc(-c2sc(Br)cc2CCCCCCCC)c2nc(-c3ccc(OCCCCCC)cc3)c(-c3ccc(OCCCCCC)cc3)nc12. The van der Waals surface area contributed by atoms with Gasteiger partial charge in [-0.3, -0.25) is 0 Å². The third-order valence-electron chi connectivity index (χ3n) is 12.3. The van der Waals surface area contributed by atoms with Crippen LogP contribution in [-0.4, -0.2) is 23.2 Å². The van der Waals surface area contributed by atoms with Crippen molar-refractivity contribution in [3.63, 3.8) is 0 Å². The van der Waals surface area contributed by atoms with E-state index >= 15 is 0 Å². The lowest BCUT2D eigenvalue weighted by molar-refractivity contribution is 0.305. The molecule has 0 atom stereocenters. The lowest BCUT2D eigenvalue weighted by atomic mass is 9.97. The number of ether oxygens (including phenoxy) is 2. The van der Waals surface area contributed by atoms with E-state index < -0.39 is 0 Å². The van der Waals surface area contributed by atoms with Gasteiger partial charge in [-0.15, -0.1) is 22.7 Å². The minimum absolute atomic E-state index is 0.733. The molecule has 6 rings (SSSR count). The van der Waals surface area contributed by atoms with Gasteiger partial charge in [-0.05, 0) is 142 Å². The van der Waals surface area contributed by atoms with Gasteiger partial charge in [0.05, 0.1) is 43.2 Å². The number of unbranched alkanes of at least 4 members (excludes halogenated alkanes) is 16. The van der Waals surface area contributed by atoms with Gasteiger partial charge in [-0.1, -0.05) is 143 Å². The van der Waals surface area contributed by atoms with Crippen molar-refractivity contribution in [3.05, 3.63) is 91.5 Å². The Morgan fingerprint density at radius 3 is 1.14 bits per heavy atom. The van der Waals surface area contributed by atoms with Gasteiger partial charge in [-0.25, -0.2) is 9.97 Å². The Morgan fingerprint density at radius 2 is 0.766 bits per heavy atom. The van der Waals surface area contributed by atoms with Gasteiger partial charge in [0.2, 0.25) is 0 Å². The van der Waals surface area contributed by atoms with Gasteiger partial charge < -0.3 is 9.47 Å². The quantitative estimate of drug-likeness (QED) is 0.0422.